The van der Waals surface area contributed by atoms with E-state index >= 15 is 0 Å². The lowest BCUT2D eigenvalue weighted by molar-refractivity contribution is -0.151. The Hall–Kier alpha value is -2.86. The summed E-state index contributed by atoms with van der Waals surface area (Å²) in [6.45, 7) is 1.56. The summed E-state index contributed by atoms with van der Waals surface area (Å²) in [7, 11) is 0. The lowest BCUT2D eigenvalue weighted by atomic mass is 9.97. The summed E-state index contributed by atoms with van der Waals surface area (Å²) in [6, 6.07) is 13.4. The van der Waals surface area contributed by atoms with E-state index in [4.69, 9.17) is 20.8 Å². The van der Waals surface area contributed by atoms with Gasteiger partial charge in [-0.05, 0) is 25.0 Å². The van der Waals surface area contributed by atoms with Crippen molar-refractivity contribution in [3.63, 3.8) is 0 Å². The molecule has 0 N–H and O–H groups in total. The first-order chi connectivity index (χ1) is 13.7. The van der Waals surface area contributed by atoms with Crippen LogP contribution in [0.5, 0.6) is 0 Å². The highest BCUT2D eigenvalue weighted by Crippen LogP contribution is 2.24. The molecule has 0 unspecified atom stereocenters. The van der Waals surface area contributed by atoms with Gasteiger partial charge in [-0.15, -0.1) is 0 Å². The van der Waals surface area contributed by atoms with Crippen LogP contribution in [0.15, 0.2) is 59.3 Å². The molecular weight excluding hydrogens is 378 g/mol. The van der Waals surface area contributed by atoms with Crippen LogP contribution in [0, 0.1) is 5.92 Å². The maximum Gasteiger partial charge on any atom is 0.309 e. The van der Waals surface area contributed by atoms with Gasteiger partial charge in [-0.2, -0.15) is 0 Å². The fourth-order valence-corrected chi connectivity index (χ4v) is 3.37. The fourth-order valence-electron chi connectivity index (χ4n) is 3.26. The largest absolute Gasteiger partial charge is 0.455 e. The standard InChI is InChI=1S/C21H20ClN3O3/c22-17-6-7-19(23-12-17)25-10-8-16(9-11-25)21(26)27-14-20-24-13-18(28-20)15-4-2-1-3-5-15/h1-7,12-13,16H,8-11,14H2. The van der Waals surface area contributed by atoms with Gasteiger partial charge in [-0.25, -0.2) is 9.97 Å². The molecule has 144 valence electrons. The minimum absolute atomic E-state index is 0.0463. The van der Waals surface area contributed by atoms with Crippen LogP contribution in [0.2, 0.25) is 5.02 Å². The van der Waals surface area contributed by atoms with E-state index in [1.807, 2.05) is 42.5 Å². The number of nitrogens with zero attached hydrogens (tertiary/aromatic N) is 3. The molecule has 6 nitrogen and oxygen atoms in total. The van der Waals surface area contributed by atoms with Crippen molar-refractivity contribution in [1.29, 1.82) is 0 Å². The van der Waals surface area contributed by atoms with E-state index in [-0.39, 0.29) is 18.5 Å². The van der Waals surface area contributed by atoms with Crippen molar-refractivity contribution in [3.8, 4) is 11.3 Å². The normalized spacial score (nSPS) is 14.8. The number of halogens is 1. The molecule has 2 aromatic heterocycles. The molecule has 4 rings (SSSR count). The number of carbonyl (C=O) groups excluding carboxylic acids is 1. The topological polar surface area (TPSA) is 68.5 Å². The summed E-state index contributed by atoms with van der Waals surface area (Å²) in [5.41, 5.74) is 0.941. The number of benzene rings is 1. The zero-order valence-corrected chi connectivity index (χ0v) is 16.0. The number of piperidine rings is 1. The Bertz CT molecular complexity index is 920. The maximum atomic E-state index is 12.4. The van der Waals surface area contributed by atoms with E-state index in [0.29, 0.717) is 16.7 Å². The van der Waals surface area contributed by atoms with Crippen molar-refractivity contribution in [2.75, 3.05) is 18.0 Å². The first-order valence-corrected chi connectivity index (χ1v) is 9.60. The van der Waals surface area contributed by atoms with Crippen molar-refractivity contribution in [3.05, 3.63) is 65.8 Å². The van der Waals surface area contributed by atoms with Crippen LogP contribution < -0.4 is 4.90 Å². The summed E-state index contributed by atoms with van der Waals surface area (Å²) >= 11 is 5.88. The van der Waals surface area contributed by atoms with Crippen molar-refractivity contribution >= 4 is 23.4 Å². The number of anilines is 1. The second-order valence-electron chi connectivity index (χ2n) is 6.69. The predicted octanol–water partition coefficient (Wildman–Crippen LogP) is 4.35. The third kappa shape index (κ3) is 4.34. The Labute approximate surface area is 168 Å². The Balaban J connectivity index is 1.27. The van der Waals surface area contributed by atoms with E-state index in [9.17, 15) is 4.79 Å². The van der Waals surface area contributed by atoms with Gasteiger partial charge in [-0.1, -0.05) is 41.9 Å². The first-order valence-electron chi connectivity index (χ1n) is 9.22. The molecule has 3 heterocycles. The van der Waals surface area contributed by atoms with Gasteiger partial charge < -0.3 is 14.1 Å². The average molecular weight is 398 g/mol. The summed E-state index contributed by atoms with van der Waals surface area (Å²) in [4.78, 5) is 23.1. The molecule has 0 radical (unpaired) electrons. The third-order valence-corrected chi connectivity index (χ3v) is 5.04. The number of hydrogen-bond donors (Lipinski definition) is 0. The molecule has 0 bridgehead atoms. The van der Waals surface area contributed by atoms with Gasteiger partial charge in [0.1, 0.15) is 5.82 Å². The number of hydrogen-bond acceptors (Lipinski definition) is 6. The number of esters is 1. The van der Waals surface area contributed by atoms with E-state index in [0.717, 1.165) is 37.3 Å². The summed E-state index contributed by atoms with van der Waals surface area (Å²) in [5.74, 6) is 1.62. The average Bonchev–Trinajstić information content (AvgIpc) is 3.22. The van der Waals surface area contributed by atoms with Crippen LogP contribution in [0.4, 0.5) is 5.82 Å². The van der Waals surface area contributed by atoms with Crippen LogP contribution >= 0.6 is 11.6 Å². The summed E-state index contributed by atoms with van der Waals surface area (Å²) in [6.07, 6.45) is 4.74. The monoisotopic (exact) mass is 397 g/mol. The zero-order valence-electron chi connectivity index (χ0n) is 15.3. The molecule has 1 fully saturated rings. The van der Waals surface area contributed by atoms with Gasteiger partial charge in [0, 0.05) is 24.8 Å². The molecule has 0 saturated carbocycles. The van der Waals surface area contributed by atoms with E-state index in [2.05, 4.69) is 14.9 Å². The summed E-state index contributed by atoms with van der Waals surface area (Å²) in [5, 5.41) is 0.615. The molecule has 0 amide bonds. The first kappa shape index (κ1) is 18.5. The smallest absolute Gasteiger partial charge is 0.309 e. The van der Waals surface area contributed by atoms with Crippen LogP contribution in [0.25, 0.3) is 11.3 Å². The molecule has 7 heteroatoms. The summed E-state index contributed by atoms with van der Waals surface area (Å²) < 4.78 is 11.1. The van der Waals surface area contributed by atoms with Crippen LogP contribution in [0.3, 0.4) is 0 Å². The molecule has 1 aromatic carbocycles. The van der Waals surface area contributed by atoms with Gasteiger partial charge >= 0.3 is 5.97 Å². The SMILES string of the molecule is O=C(OCc1ncc(-c2ccccc2)o1)C1CCN(c2ccc(Cl)cn2)CC1. The number of oxazole rings is 1. The van der Waals surface area contributed by atoms with E-state index in [1.54, 1.807) is 12.4 Å². The van der Waals surface area contributed by atoms with Crippen molar-refractivity contribution in [1.82, 2.24) is 9.97 Å². The number of rotatable bonds is 5. The Kier molecular flexibility index (Phi) is 5.58. The second-order valence-corrected chi connectivity index (χ2v) is 7.12. The van der Waals surface area contributed by atoms with Crippen molar-refractivity contribution < 1.29 is 13.9 Å². The van der Waals surface area contributed by atoms with Gasteiger partial charge in [0.05, 0.1) is 17.1 Å². The Morgan fingerprint density at radius 1 is 1.11 bits per heavy atom. The molecule has 0 atom stereocenters. The molecule has 0 aliphatic carbocycles. The molecular formula is C21H20ClN3O3. The van der Waals surface area contributed by atoms with Crippen LogP contribution in [-0.4, -0.2) is 29.0 Å². The number of carbonyl (C=O) groups is 1. The number of pyridine rings is 1. The number of ether oxygens (including phenoxy) is 1. The van der Waals surface area contributed by atoms with Crippen molar-refractivity contribution in [2.24, 2.45) is 5.92 Å². The molecule has 28 heavy (non-hydrogen) atoms. The molecule has 3 aromatic rings. The fraction of sp³-hybridized carbons (Fsp3) is 0.286. The van der Waals surface area contributed by atoms with Gasteiger partial charge in [0.15, 0.2) is 12.4 Å². The quantitative estimate of drug-likeness (QED) is 0.596. The number of aromatic nitrogens is 2. The minimum atomic E-state index is -0.205. The molecule has 1 aliphatic rings. The molecule has 0 spiro atoms. The van der Waals surface area contributed by atoms with Gasteiger partial charge in [0.25, 0.3) is 0 Å². The zero-order chi connectivity index (χ0) is 19.3. The minimum Gasteiger partial charge on any atom is -0.455 e. The van der Waals surface area contributed by atoms with Gasteiger partial charge in [0.2, 0.25) is 5.89 Å². The van der Waals surface area contributed by atoms with E-state index in [1.165, 1.54) is 0 Å². The highest BCUT2D eigenvalue weighted by Gasteiger charge is 2.27. The third-order valence-electron chi connectivity index (χ3n) is 4.81. The Morgan fingerprint density at radius 2 is 1.89 bits per heavy atom. The van der Waals surface area contributed by atoms with Crippen LogP contribution in [0.1, 0.15) is 18.7 Å². The van der Waals surface area contributed by atoms with Crippen molar-refractivity contribution in [2.45, 2.75) is 19.4 Å². The van der Waals surface area contributed by atoms with E-state index < -0.39 is 0 Å². The highest BCUT2D eigenvalue weighted by atomic mass is 35.5. The molecule has 1 aliphatic heterocycles. The lowest BCUT2D eigenvalue weighted by Gasteiger charge is -2.31. The highest BCUT2D eigenvalue weighted by molar-refractivity contribution is 6.30. The lowest BCUT2D eigenvalue weighted by Crippen LogP contribution is -2.37. The second kappa shape index (κ2) is 8.44. The Morgan fingerprint density at radius 3 is 2.61 bits per heavy atom. The van der Waals surface area contributed by atoms with Gasteiger partial charge in [-0.3, -0.25) is 4.79 Å². The maximum absolute atomic E-state index is 12.4. The predicted molar refractivity (Wildman–Crippen MR) is 106 cm³/mol. The molecule has 1 saturated heterocycles. The van der Waals surface area contributed by atoms with Crippen LogP contribution in [-0.2, 0) is 16.1 Å².